The second kappa shape index (κ2) is 81.7. The van der Waals surface area contributed by atoms with E-state index in [1.807, 2.05) is 14.0 Å². The Morgan fingerprint density at radius 1 is 0.509 bits per heavy atom. The van der Waals surface area contributed by atoms with Gasteiger partial charge in [0.15, 0.2) is 0 Å². The molecule has 0 radical (unpaired) electrons. The molecule has 0 aromatic carbocycles. The van der Waals surface area contributed by atoms with Crippen LogP contribution in [-0.4, -0.2) is 50.0 Å². The Balaban J connectivity index is -0.0000000450. The molecule has 0 aliphatic rings. The molecule has 0 amide bonds. The molecule has 0 saturated heterocycles. The standard InChI is InChI=1S/C9H20N2O.C5H11NOS.5C5H12.3C3H8.CH4/c1-3-9(12)8(11-2)6-4-5-7-10;1-4(7)5(3-8)6-2;5*1-4-5(2)3;3*1-3-2;/h8,11H,3-7,10H2,1-2H3;5-6,8H,3H2,1-2H3;5*5H,4H2,1-3H3;3*3H2,1-2H3;1H4/t8-;5-;;;;;;;;;/m00........./s1. The van der Waals surface area contributed by atoms with E-state index in [1.54, 1.807) is 14.0 Å². The first kappa shape index (κ1) is 82.5. The quantitative estimate of drug-likeness (QED) is 0.0978. The molecule has 0 fully saturated rings. The number of rotatable bonds is 15. The zero-order chi connectivity index (χ0) is 45.5. The van der Waals surface area contributed by atoms with Crippen molar-refractivity contribution in [2.75, 3.05) is 26.4 Å². The number of ketones is 2. The molecule has 0 spiro atoms. The van der Waals surface area contributed by atoms with Gasteiger partial charge in [-0.15, -0.1) is 0 Å². The summed E-state index contributed by atoms with van der Waals surface area (Å²) in [6.45, 7) is 50.1. The lowest BCUT2D eigenvalue weighted by atomic mass is 10.0. The largest absolute Gasteiger partial charge is 0.330 e. The number of hydrogen-bond donors (Lipinski definition) is 4. The van der Waals surface area contributed by atoms with Gasteiger partial charge in [-0.25, -0.2) is 0 Å². The van der Waals surface area contributed by atoms with Crippen LogP contribution in [0.5, 0.6) is 0 Å². The molecule has 0 saturated carbocycles. The first-order valence-corrected chi connectivity index (χ1v) is 23.4. The number of likely N-dealkylation sites (N-methyl/N-ethyl adjacent to an activating group) is 2. The van der Waals surface area contributed by atoms with E-state index >= 15 is 0 Å². The molecule has 0 aromatic heterocycles. The maximum atomic E-state index is 11.2. The topological polar surface area (TPSA) is 84.2 Å². The first-order valence-electron chi connectivity index (χ1n) is 22.8. The van der Waals surface area contributed by atoms with Crippen molar-refractivity contribution in [1.29, 1.82) is 0 Å². The van der Waals surface area contributed by atoms with Gasteiger partial charge in [-0.3, -0.25) is 9.59 Å². The maximum Gasteiger partial charge on any atom is 0.149 e. The van der Waals surface area contributed by atoms with E-state index in [9.17, 15) is 9.59 Å². The van der Waals surface area contributed by atoms with Crippen molar-refractivity contribution in [1.82, 2.24) is 10.6 Å². The van der Waals surface area contributed by atoms with Crippen molar-refractivity contribution in [3.8, 4) is 0 Å². The van der Waals surface area contributed by atoms with Gasteiger partial charge in [0.25, 0.3) is 0 Å². The summed E-state index contributed by atoms with van der Waals surface area (Å²) in [5.74, 6) is 5.44. The van der Waals surface area contributed by atoms with Gasteiger partial charge < -0.3 is 16.4 Å². The van der Waals surface area contributed by atoms with Crippen LogP contribution in [0.3, 0.4) is 0 Å². The highest BCUT2D eigenvalue weighted by atomic mass is 32.1. The van der Waals surface area contributed by atoms with Crippen LogP contribution >= 0.6 is 12.6 Å². The second-order valence-electron chi connectivity index (χ2n) is 15.7. The third-order valence-corrected chi connectivity index (χ3v) is 7.50. The summed E-state index contributed by atoms with van der Waals surface area (Å²) < 4.78 is 0. The minimum atomic E-state index is -0.0710. The lowest BCUT2D eigenvalue weighted by molar-refractivity contribution is -0.121. The minimum absolute atomic E-state index is 0. The monoisotopic (exact) mass is 814 g/mol. The second-order valence-corrected chi connectivity index (χ2v) is 16.1. The minimum Gasteiger partial charge on any atom is -0.330 e. The van der Waals surface area contributed by atoms with Crippen molar-refractivity contribution in [2.45, 2.75) is 256 Å². The molecular weight excluding hydrogens is 695 g/mol. The average Bonchev–Trinajstić information content (AvgIpc) is 3.12. The van der Waals surface area contributed by atoms with E-state index in [-0.39, 0.29) is 25.3 Å². The lowest BCUT2D eigenvalue weighted by Gasteiger charge is -2.12. The fourth-order valence-electron chi connectivity index (χ4n) is 1.63. The van der Waals surface area contributed by atoms with Gasteiger partial charge in [0.05, 0.1) is 12.1 Å². The van der Waals surface area contributed by atoms with Crippen LogP contribution in [-0.2, 0) is 9.59 Å². The number of Topliss-reactive ketones (excluding diaryl/α,β-unsaturated/α-hetero) is 2. The van der Waals surface area contributed by atoms with Crippen molar-refractivity contribution in [2.24, 2.45) is 35.3 Å². The van der Waals surface area contributed by atoms with E-state index in [2.05, 4.69) is 169 Å². The van der Waals surface area contributed by atoms with Gasteiger partial charge in [-0.2, -0.15) is 12.6 Å². The highest BCUT2D eigenvalue weighted by molar-refractivity contribution is 7.80. The third kappa shape index (κ3) is 152. The summed E-state index contributed by atoms with van der Waals surface area (Å²) in [5, 5.41) is 5.85. The summed E-state index contributed by atoms with van der Waals surface area (Å²) in [7, 11) is 3.59. The number of carbonyl (C=O) groups is 2. The van der Waals surface area contributed by atoms with Crippen molar-refractivity contribution < 1.29 is 9.59 Å². The summed E-state index contributed by atoms with van der Waals surface area (Å²) in [6, 6.07) is -0.0279. The molecule has 0 rings (SSSR count). The fraction of sp³-hybridized carbons (Fsp3) is 0.959. The zero-order valence-corrected chi connectivity index (χ0v) is 43.7. The summed E-state index contributed by atoms with van der Waals surface area (Å²) >= 11 is 3.95. The Kier molecular flexibility index (Phi) is 123. The first-order chi connectivity index (χ1) is 25.1. The van der Waals surface area contributed by atoms with Crippen LogP contribution in [0.15, 0.2) is 0 Å². The van der Waals surface area contributed by atoms with Crippen molar-refractivity contribution in [3.05, 3.63) is 0 Å². The number of unbranched alkanes of at least 4 members (excludes halogenated alkanes) is 1. The molecule has 0 heterocycles. The molecule has 0 aromatic rings. The zero-order valence-electron chi connectivity index (χ0n) is 42.8. The highest BCUT2D eigenvalue weighted by Crippen LogP contribution is 2.02. The lowest BCUT2D eigenvalue weighted by Crippen LogP contribution is -2.33. The van der Waals surface area contributed by atoms with Crippen LogP contribution < -0.4 is 16.4 Å². The van der Waals surface area contributed by atoms with E-state index < -0.39 is 0 Å². The average molecular weight is 815 g/mol. The Morgan fingerprint density at radius 2 is 0.727 bits per heavy atom. The normalized spacial score (nSPS) is 10.1. The Morgan fingerprint density at radius 3 is 0.818 bits per heavy atom. The van der Waals surface area contributed by atoms with Crippen LogP contribution in [0.4, 0.5) is 0 Å². The highest BCUT2D eigenvalue weighted by Gasteiger charge is 2.12. The molecular formula is C49H119N3O2S. The van der Waals surface area contributed by atoms with Crippen LogP contribution in [0.25, 0.3) is 0 Å². The predicted molar refractivity (Wildman–Crippen MR) is 269 cm³/mol. The number of nitrogens with two attached hydrogens (primary N) is 1. The smallest absolute Gasteiger partial charge is 0.149 e. The summed E-state index contributed by atoms with van der Waals surface area (Å²) in [6.07, 6.45) is 13.9. The molecule has 2 atom stereocenters. The molecule has 55 heavy (non-hydrogen) atoms. The van der Waals surface area contributed by atoms with Gasteiger partial charge in [0.1, 0.15) is 11.6 Å². The Hall–Kier alpha value is -0.430. The fourth-order valence-corrected chi connectivity index (χ4v) is 2.07. The SMILES string of the molecule is C.CCC.CCC.CCC.CCC(=O)[C@H](CCCCN)NC.CCC(C)C.CCC(C)C.CCC(C)C.CCC(C)C.CCC(C)C.CN[C@@H](CS)C(C)=O. The Bertz CT molecular complexity index is 513. The van der Waals surface area contributed by atoms with Crippen LogP contribution in [0, 0.1) is 29.6 Å². The van der Waals surface area contributed by atoms with Gasteiger partial charge in [-0.05, 0) is 70.0 Å². The van der Waals surface area contributed by atoms with Crippen molar-refractivity contribution >= 4 is 24.2 Å². The van der Waals surface area contributed by atoms with Crippen molar-refractivity contribution in [3.63, 3.8) is 0 Å². The van der Waals surface area contributed by atoms with Crippen LogP contribution in [0.1, 0.15) is 244 Å². The van der Waals surface area contributed by atoms with Crippen LogP contribution in [0.2, 0.25) is 0 Å². The van der Waals surface area contributed by atoms with E-state index in [0.717, 1.165) is 55.4 Å². The molecule has 4 N–H and O–H groups in total. The number of hydrogen-bond acceptors (Lipinski definition) is 6. The third-order valence-electron chi connectivity index (χ3n) is 7.14. The molecule has 0 aliphatic heterocycles. The van der Waals surface area contributed by atoms with E-state index in [0.29, 0.717) is 18.0 Å². The van der Waals surface area contributed by atoms with E-state index in [1.165, 1.54) is 51.4 Å². The molecule has 348 valence electrons. The number of carbonyl (C=O) groups excluding carboxylic acids is 2. The van der Waals surface area contributed by atoms with E-state index in [4.69, 9.17) is 5.73 Å². The van der Waals surface area contributed by atoms with Gasteiger partial charge in [-0.1, -0.05) is 218 Å². The number of thiol groups is 1. The molecule has 0 unspecified atom stereocenters. The van der Waals surface area contributed by atoms with Gasteiger partial charge >= 0.3 is 0 Å². The summed E-state index contributed by atoms with van der Waals surface area (Å²) in [4.78, 5) is 21.7. The molecule has 6 heteroatoms. The van der Waals surface area contributed by atoms with Gasteiger partial charge in [0, 0.05) is 12.2 Å². The number of nitrogens with one attached hydrogen (secondary N) is 2. The maximum absolute atomic E-state index is 11.2. The summed E-state index contributed by atoms with van der Waals surface area (Å²) in [5.41, 5.74) is 5.36. The predicted octanol–water partition coefficient (Wildman–Crippen LogP) is 15.9. The Labute approximate surface area is 360 Å². The van der Waals surface area contributed by atoms with Gasteiger partial charge in [0.2, 0.25) is 0 Å². The molecule has 0 bridgehead atoms. The molecule has 5 nitrogen and oxygen atoms in total. The molecule has 0 aliphatic carbocycles.